The number of imide groups is 1. The van der Waals surface area contributed by atoms with Gasteiger partial charge in [0.15, 0.2) is 6.29 Å². The van der Waals surface area contributed by atoms with Crippen LogP contribution in [0.5, 0.6) is 0 Å². The molecule has 3 aromatic rings. The molecule has 0 spiro atoms. The van der Waals surface area contributed by atoms with Crippen LogP contribution in [0.25, 0.3) is 10.9 Å². The Bertz CT molecular complexity index is 1570. The molecule has 5 rings (SSSR count). The summed E-state index contributed by atoms with van der Waals surface area (Å²) in [7, 11) is -1.41. The molecule has 0 unspecified atom stereocenters. The van der Waals surface area contributed by atoms with Crippen molar-refractivity contribution >= 4 is 38.7 Å². The first-order valence-corrected chi connectivity index (χ1v) is 13.7. The molecule has 2 aliphatic heterocycles. The van der Waals surface area contributed by atoms with E-state index in [2.05, 4.69) is 4.98 Å². The smallest absolute Gasteiger partial charge is 0.329 e. The first kappa shape index (κ1) is 26.9. The van der Waals surface area contributed by atoms with Gasteiger partial charge in [0.05, 0.1) is 54.1 Å². The molecule has 2 aliphatic rings. The fourth-order valence-corrected chi connectivity index (χ4v) is 6.06. The summed E-state index contributed by atoms with van der Waals surface area (Å²) in [6.45, 7) is 2.35. The second-order valence-corrected chi connectivity index (χ2v) is 11.3. The maximum absolute atomic E-state index is 13.8. The molecular formula is C27H27N3O8S. The number of carbonyl (C=O) groups is 3. The number of pyridine rings is 1. The summed E-state index contributed by atoms with van der Waals surface area (Å²) in [6.07, 6.45) is -0.620. The summed E-state index contributed by atoms with van der Waals surface area (Å²) in [4.78, 5) is 45.5. The molecule has 12 heteroatoms. The van der Waals surface area contributed by atoms with Gasteiger partial charge in [0.25, 0.3) is 11.8 Å². The molecule has 1 aromatic heterocycles. The first-order chi connectivity index (χ1) is 18.6. The fraction of sp³-hybridized carbons (Fsp3) is 0.333. The minimum Gasteiger partial charge on any atom is -0.467 e. The quantitative estimate of drug-likeness (QED) is 0.303. The van der Waals surface area contributed by atoms with Crippen molar-refractivity contribution in [2.45, 2.75) is 30.6 Å². The van der Waals surface area contributed by atoms with E-state index in [0.29, 0.717) is 24.4 Å². The number of nitrogens with zero attached hydrogens (tertiary/aromatic N) is 3. The lowest BCUT2D eigenvalue weighted by molar-refractivity contribution is -0.145. The van der Waals surface area contributed by atoms with E-state index in [-0.39, 0.29) is 34.4 Å². The molecule has 0 aliphatic carbocycles. The van der Waals surface area contributed by atoms with E-state index in [0.717, 1.165) is 14.8 Å². The van der Waals surface area contributed by atoms with E-state index >= 15 is 0 Å². The van der Waals surface area contributed by atoms with Crippen LogP contribution in [0.1, 0.15) is 32.0 Å². The Morgan fingerprint density at radius 1 is 1.10 bits per heavy atom. The van der Waals surface area contributed by atoms with Crippen molar-refractivity contribution in [3.05, 3.63) is 70.9 Å². The number of aromatic nitrogens is 1. The third kappa shape index (κ3) is 4.80. The minimum absolute atomic E-state index is 0.00614. The van der Waals surface area contributed by atoms with Gasteiger partial charge >= 0.3 is 5.97 Å². The topological polar surface area (TPSA) is 132 Å². The number of hydrogen-bond donors (Lipinski definition) is 0. The summed E-state index contributed by atoms with van der Waals surface area (Å²) in [5.74, 6) is -2.15. The van der Waals surface area contributed by atoms with Gasteiger partial charge in [0.2, 0.25) is 10.0 Å². The van der Waals surface area contributed by atoms with Crippen LogP contribution in [0.4, 0.5) is 0 Å². The molecule has 204 valence electrons. The van der Waals surface area contributed by atoms with E-state index in [4.69, 9.17) is 14.2 Å². The van der Waals surface area contributed by atoms with E-state index in [1.807, 2.05) is 6.07 Å². The average molecular weight is 554 g/mol. The molecule has 0 bridgehead atoms. The lowest BCUT2D eigenvalue weighted by atomic mass is 10.0. The van der Waals surface area contributed by atoms with Gasteiger partial charge in [-0.05, 0) is 30.7 Å². The molecule has 3 heterocycles. The van der Waals surface area contributed by atoms with Gasteiger partial charge in [-0.1, -0.05) is 30.3 Å². The second-order valence-electron chi connectivity index (χ2n) is 9.29. The Balaban J connectivity index is 1.57. The third-order valence-corrected chi connectivity index (χ3v) is 8.68. The summed E-state index contributed by atoms with van der Waals surface area (Å²) in [6, 6.07) is 12.0. The largest absolute Gasteiger partial charge is 0.467 e. The van der Waals surface area contributed by atoms with Crippen LogP contribution < -0.4 is 0 Å². The molecule has 0 radical (unpaired) electrons. The number of benzene rings is 2. The van der Waals surface area contributed by atoms with Gasteiger partial charge in [-0.2, -0.15) is 4.31 Å². The molecule has 1 fully saturated rings. The highest BCUT2D eigenvalue weighted by Crippen LogP contribution is 2.35. The molecule has 2 amide bonds. The van der Waals surface area contributed by atoms with E-state index < -0.39 is 40.1 Å². The van der Waals surface area contributed by atoms with Gasteiger partial charge in [-0.3, -0.25) is 19.5 Å². The number of ether oxygens (including phenoxy) is 3. The van der Waals surface area contributed by atoms with Gasteiger partial charge < -0.3 is 14.2 Å². The number of rotatable bonds is 8. The average Bonchev–Trinajstić information content (AvgIpc) is 3.53. The number of amides is 2. The number of sulfonamides is 1. The number of aryl methyl sites for hydroxylation is 1. The van der Waals surface area contributed by atoms with Crippen LogP contribution >= 0.6 is 0 Å². The molecule has 39 heavy (non-hydrogen) atoms. The number of hydrogen-bond acceptors (Lipinski definition) is 9. The Morgan fingerprint density at radius 3 is 2.44 bits per heavy atom. The molecule has 11 nitrogen and oxygen atoms in total. The van der Waals surface area contributed by atoms with Crippen LogP contribution in [-0.2, 0) is 35.4 Å². The number of likely N-dealkylation sites (N-methyl/N-ethyl adjacent to an activating group) is 1. The van der Waals surface area contributed by atoms with Crippen molar-refractivity contribution in [1.29, 1.82) is 0 Å². The van der Waals surface area contributed by atoms with E-state index in [1.165, 1.54) is 32.4 Å². The number of esters is 1. The zero-order valence-electron chi connectivity index (χ0n) is 21.6. The van der Waals surface area contributed by atoms with Crippen molar-refractivity contribution < 1.29 is 37.0 Å². The maximum Gasteiger partial charge on any atom is 0.329 e. The van der Waals surface area contributed by atoms with Crippen molar-refractivity contribution in [3.8, 4) is 0 Å². The van der Waals surface area contributed by atoms with E-state index in [9.17, 15) is 22.8 Å². The van der Waals surface area contributed by atoms with Crippen LogP contribution in [0.15, 0.2) is 53.4 Å². The van der Waals surface area contributed by atoms with E-state index in [1.54, 1.807) is 31.2 Å². The zero-order valence-corrected chi connectivity index (χ0v) is 22.4. The molecule has 2 aromatic carbocycles. The first-order valence-electron chi connectivity index (χ1n) is 12.3. The van der Waals surface area contributed by atoms with Crippen LogP contribution in [0, 0.1) is 6.92 Å². The highest BCUT2D eigenvalue weighted by Gasteiger charge is 2.46. The standard InChI is InChI=1S/C27H27N3O8S/c1-16-23-24(26(32)30(25(23)31)21(27(33)36-3)13-17-7-5-4-6-8-17)19-14-18(9-10-20(19)28-16)39(34,35)29(2)15-22-37-11-12-38-22/h4-10,14,21-22H,11-13,15H2,1-3H3/t21-/m0/s1. The number of carbonyl (C=O) groups excluding carboxylic acids is 3. The fourth-order valence-electron chi connectivity index (χ4n) is 4.88. The predicted octanol–water partition coefficient (Wildman–Crippen LogP) is 1.92. The molecular weight excluding hydrogens is 526 g/mol. The van der Waals surface area contributed by atoms with Crippen molar-refractivity contribution in [3.63, 3.8) is 0 Å². The summed E-state index contributed by atoms with van der Waals surface area (Å²) in [5, 5.41) is 0.197. The highest BCUT2D eigenvalue weighted by molar-refractivity contribution is 7.89. The van der Waals surface area contributed by atoms with Gasteiger partial charge in [-0.15, -0.1) is 0 Å². The summed E-state index contributed by atoms with van der Waals surface area (Å²) >= 11 is 0. The van der Waals surface area contributed by atoms with Gasteiger partial charge in [0, 0.05) is 18.9 Å². The predicted molar refractivity (Wildman–Crippen MR) is 138 cm³/mol. The van der Waals surface area contributed by atoms with Gasteiger partial charge in [-0.25, -0.2) is 13.2 Å². The number of methoxy groups -OCH3 is 1. The highest BCUT2D eigenvalue weighted by atomic mass is 32.2. The molecule has 0 saturated carbocycles. The lowest BCUT2D eigenvalue weighted by Crippen LogP contribution is -2.46. The maximum atomic E-state index is 13.8. The lowest BCUT2D eigenvalue weighted by Gasteiger charge is -2.24. The summed E-state index contributed by atoms with van der Waals surface area (Å²) in [5.41, 5.74) is 1.41. The SMILES string of the molecule is COC(=O)[C@H](Cc1ccccc1)N1C(=O)c2c(C)nc3ccc(S(=O)(=O)N(C)CC4OCCO4)cc3c2C1=O. The van der Waals surface area contributed by atoms with Gasteiger partial charge in [0.1, 0.15) is 6.04 Å². The second kappa shape index (κ2) is 10.5. The number of fused-ring (bicyclic) bond motifs is 3. The Morgan fingerprint density at radius 2 is 1.77 bits per heavy atom. The monoisotopic (exact) mass is 553 g/mol. The van der Waals surface area contributed by atoms with Crippen LogP contribution in [0.3, 0.4) is 0 Å². The molecule has 1 atom stereocenters. The van der Waals surface area contributed by atoms with Crippen molar-refractivity contribution in [2.75, 3.05) is 33.9 Å². The zero-order chi connectivity index (χ0) is 27.9. The van der Waals surface area contributed by atoms with Crippen LogP contribution in [0.2, 0.25) is 0 Å². The van der Waals surface area contributed by atoms with Crippen LogP contribution in [-0.4, -0.2) is 86.6 Å². The minimum atomic E-state index is -4.00. The Kier molecular flexibility index (Phi) is 7.21. The van der Waals surface area contributed by atoms with Crippen molar-refractivity contribution in [2.24, 2.45) is 0 Å². The molecule has 0 N–H and O–H groups in total. The van der Waals surface area contributed by atoms with Crippen molar-refractivity contribution in [1.82, 2.24) is 14.2 Å². The Labute approximate surface area is 225 Å². The normalized spacial score (nSPS) is 16.8. The Hall–Kier alpha value is -3.71. The third-order valence-electron chi connectivity index (χ3n) is 6.86. The molecule has 1 saturated heterocycles. The summed E-state index contributed by atoms with van der Waals surface area (Å²) < 4.78 is 43.5.